The lowest BCUT2D eigenvalue weighted by molar-refractivity contribution is 0.268. The van der Waals surface area contributed by atoms with E-state index in [4.69, 9.17) is 26.1 Å². The lowest BCUT2D eigenvalue weighted by Crippen LogP contribution is -2.10. The van der Waals surface area contributed by atoms with Crippen molar-refractivity contribution < 1.29 is 9.47 Å². The second kappa shape index (κ2) is 8.36. The molecule has 0 saturated heterocycles. The molecule has 4 aromatic rings. The molecule has 0 amide bonds. The summed E-state index contributed by atoms with van der Waals surface area (Å²) in [6.07, 6.45) is 0. The molecule has 28 heavy (non-hydrogen) atoms. The van der Waals surface area contributed by atoms with Crippen molar-refractivity contribution in [3.05, 3.63) is 77.8 Å². The number of hydrogen-bond acceptors (Lipinski definition) is 3. The predicted octanol–water partition coefficient (Wildman–Crippen LogP) is 5.83. The first-order valence-corrected chi connectivity index (χ1v) is 9.70. The lowest BCUT2D eigenvalue weighted by Gasteiger charge is -2.13. The predicted molar refractivity (Wildman–Crippen MR) is 113 cm³/mol. The number of imidazole rings is 1. The molecular weight excluding hydrogens is 372 g/mol. The van der Waals surface area contributed by atoms with Gasteiger partial charge in [0.05, 0.1) is 24.2 Å². The molecule has 0 aliphatic heterocycles. The van der Waals surface area contributed by atoms with E-state index in [0.29, 0.717) is 24.8 Å². The molecule has 1 aromatic heterocycles. The molecule has 0 saturated carbocycles. The number of fused-ring (bicyclic) bond motifs is 1. The second-order valence-corrected chi connectivity index (χ2v) is 6.75. The maximum absolute atomic E-state index is 6.20. The molecule has 0 spiro atoms. The highest BCUT2D eigenvalue weighted by molar-refractivity contribution is 6.30. The smallest absolute Gasteiger partial charge is 0.161 e. The van der Waals surface area contributed by atoms with Crippen LogP contribution in [0.2, 0.25) is 5.02 Å². The summed E-state index contributed by atoms with van der Waals surface area (Å²) in [5.74, 6) is 2.39. The standard InChI is InChI=1S/C23H21ClN2O2/c1-2-27-21-12-5-6-13-22(21)28-15-14-26-20-11-4-3-10-19(20)25-23(26)17-8-7-9-18(24)16-17/h3-13,16H,2,14-15H2,1H3. The van der Waals surface area contributed by atoms with Crippen LogP contribution in [-0.4, -0.2) is 22.8 Å². The number of halogens is 1. The molecular formula is C23H21ClN2O2. The van der Waals surface area contributed by atoms with Crippen LogP contribution in [0.5, 0.6) is 11.5 Å². The van der Waals surface area contributed by atoms with Crippen molar-refractivity contribution in [3.8, 4) is 22.9 Å². The molecule has 5 heteroatoms. The Morgan fingerprint density at radius 2 is 1.64 bits per heavy atom. The monoisotopic (exact) mass is 392 g/mol. The maximum Gasteiger partial charge on any atom is 0.161 e. The van der Waals surface area contributed by atoms with Crippen molar-refractivity contribution in [3.63, 3.8) is 0 Å². The molecule has 0 aliphatic carbocycles. The Kier molecular flexibility index (Phi) is 5.49. The van der Waals surface area contributed by atoms with Crippen LogP contribution in [0.4, 0.5) is 0 Å². The summed E-state index contributed by atoms with van der Waals surface area (Å²) < 4.78 is 13.8. The number of rotatable bonds is 7. The van der Waals surface area contributed by atoms with Crippen molar-refractivity contribution in [2.75, 3.05) is 13.2 Å². The quantitative estimate of drug-likeness (QED) is 0.396. The number of hydrogen-bond donors (Lipinski definition) is 0. The van der Waals surface area contributed by atoms with Crippen molar-refractivity contribution in [1.29, 1.82) is 0 Å². The van der Waals surface area contributed by atoms with Gasteiger partial charge in [0, 0.05) is 10.6 Å². The van der Waals surface area contributed by atoms with Crippen LogP contribution in [0.25, 0.3) is 22.4 Å². The van der Waals surface area contributed by atoms with Crippen LogP contribution in [0.1, 0.15) is 6.92 Å². The Morgan fingerprint density at radius 3 is 2.43 bits per heavy atom. The van der Waals surface area contributed by atoms with E-state index < -0.39 is 0 Å². The Hall–Kier alpha value is -2.98. The fourth-order valence-corrected chi connectivity index (χ4v) is 3.43. The fraction of sp³-hybridized carbons (Fsp3) is 0.174. The molecule has 0 unspecified atom stereocenters. The van der Waals surface area contributed by atoms with Crippen LogP contribution in [0, 0.1) is 0 Å². The maximum atomic E-state index is 6.20. The van der Waals surface area contributed by atoms with Crippen molar-refractivity contribution in [2.24, 2.45) is 0 Å². The minimum atomic E-state index is 0.498. The summed E-state index contributed by atoms with van der Waals surface area (Å²) in [5.41, 5.74) is 3.00. The first-order chi connectivity index (χ1) is 13.8. The van der Waals surface area contributed by atoms with Gasteiger partial charge in [0.15, 0.2) is 11.5 Å². The molecule has 0 aliphatic rings. The number of nitrogens with zero attached hydrogens (tertiary/aromatic N) is 2. The third-order valence-electron chi connectivity index (χ3n) is 4.46. The van der Waals surface area contributed by atoms with Gasteiger partial charge < -0.3 is 14.0 Å². The van der Waals surface area contributed by atoms with Gasteiger partial charge in [0.2, 0.25) is 0 Å². The Morgan fingerprint density at radius 1 is 0.893 bits per heavy atom. The largest absolute Gasteiger partial charge is 0.490 e. The Balaban J connectivity index is 1.62. The molecule has 142 valence electrons. The van der Waals surface area contributed by atoms with Gasteiger partial charge in [-0.15, -0.1) is 0 Å². The summed E-state index contributed by atoms with van der Waals surface area (Å²) in [5, 5.41) is 0.693. The van der Waals surface area contributed by atoms with Crippen LogP contribution >= 0.6 is 11.6 Å². The third-order valence-corrected chi connectivity index (χ3v) is 4.69. The van der Waals surface area contributed by atoms with E-state index in [2.05, 4.69) is 10.6 Å². The first kappa shape index (κ1) is 18.4. The highest BCUT2D eigenvalue weighted by Crippen LogP contribution is 2.28. The molecule has 0 radical (unpaired) electrons. The summed E-state index contributed by atoms with van der Waals surface area (Å²) in [6, 6.07) is 23.6. The molecule has 0 bridgehead atoms. The zero-order valence-corrected chi connectivity index (χ0v) is 16.4. The average Bonchev–Trinajstić information content (AvgIpc) is 3.08. The fourth-order valence-electron chi connectivity index (χ4n) is 3.24. The molecule has 4 nitrogen and oxygen atoms in total. The Bertz CT molecular complexity index is 1090. The van der Waals surface area contributed by atoms with E-state index in [0.717, 1.165) is 33.9 Å². The minimum absolute atomic E-state index is 0.498. The van der Waals surface area contributed by atoms with Crippen molar-refractivity contribution in [2.45, 2.75) is 13.5 Å². The number of para-hydroxylation sites is 4. The normalized spacial score (nSPS) is 10.9. The highest BCUT2D eigenvalue weighted by Gasteiger charge is 2.13. The van der Waals surface area contributed by atoms with Gasteiger partial charge in [-0.05, 0) is 43.3 Å². The molecule has 0 fully saturated rings. The summed E-state index contributed by atoms with van der Waals surface area (Å²) in [7, 11) is 0. The summed E-state index contributed by atoms with van der Waals surface area (Å²) in [6.45, 7) is 3.72. The van der Waals surface area contributed by atoms with Crippen LogP contribution in [-0.2, 0) is 6.54 Å². The van der Waals surface area contributed by atoms with Gasteiger partial charge in [-0.2, -0.15) is 0 Å². The molecule has 0 atom stereocenters. The molecule has 3 aromatic carbocycles. The molecule has 1 heterocycles. The summed E-state index contributed by atoms with van der Waals surface area (Å²) in [4.78, 5) is 4.82. The number of aromatic nitrogens is 2. The lowest BCUT2D eigenvalue weighted by atomic mass is 10.2. The Labute approximate surface area is 169 Å². The molecule has 0 N–H and O–H groups in total. The number of benzene rings is 3. The SMILES string of the molecule is CCOc1ccccc1OCCn1c(-c2cccc(Cl)c2)nc2ccccc21. The van der Waals surface area contributed by atoms with Gasteiger partial charge in [-0.3, -0.25) is 0 Å². The van der Waals surface area contributed by atoms with Crippen LogP contribution < -0.4 is 9.47 Å². The highest BCUT2D eigenvalue weighted by atomic mass is 35.5. The topological polar surface area (TPSA) is 36.3 Å². The van der Waals surface area contributed by atoms with Crippen LogP contribution in [0.15, 0.2) is 72.8 Å². The van der Waals surface area contributed by atoms with Gasteiger partial charge in [-0.25, -0.2) is 4.98 Å². The van der Waals surface area contributed by atoms with E-state index in [-0.39, 0.29) is 0 Å². The van der Waals surface area contributed by atoms with Gasteiger partial charge in [0.25, 0.3) is 0 Å². The van der Waals surface area contributed by atoms with Gasteiger partial charge in [0.1, 0.15) is 12.4 Å². The third kappa shape index (κ3) is 3.82. The van der Waals surface area contributed by atoms with Crippen molar-refractivity contribution in [1.82, 2.24) is 9.55 Å². The first-order valence-electron chi connectivity index (χ1n) is 9.32. The molecule has 4 rings (SSSR count). The van der Waals surface area contributed by atoms with E-state index in [1.807, 2.05) is 73.7 Å². The van der Waals surface area contributed by atoms with E-state index in [1.54, 1.807) is 0 Å². The van der Waals surface area contributed by atoms with Gasteiger partial charge >= 0.3 is 0 Å². The van der Waals surface area contributed by atoms with E-state index in [1.165, 1.54) is 0 Å². The van der Waals surface area contributed by atoms with E-state index >= 15 is 0 Å². The van der Waals surface area contributed by atoms with Crippen molar-refractivity contribution >= 4 is 22.6 Å². The van der Waals surface area contributed by atoms with E-state index in [9.17, 15) is 0 Å². The second-order valence-electron chi connectivity index (χ2n) is 6.31. The van der Waals surface area contributed by atoms with Gasteiger partial charge in [-0.1, -0.05) is 48.0 Å². The van der Waals surface area contributed by atoms with Crippen LogP contribution in [0.3, 0.4) is 0 Å². The zero-order valence-electron chi connectivity index (χ0n) is 15.6. The average molecular weight is 393 g/mol. The number of ether oxygens (including phenoxy) is 2. The zero-order chi connectivity index (χ0) is 19.3. The minimum Gasteiger partial charge on any atom is -0.490 e. The summed E-state index contributed by atoms with van der Waals surface area (Å²) >= 11 is 6.20.